The summed E-state index contributed by atoms with van der Waals surface area (Å²) < 4.78 is 1.15. The summed E-state index contributed by atoms with van der Waals surface area (Å²) in [7, 11) is 0. The maximum atomic E-state index is 6.11. The summed E-state index contributed by atoms with van der Waals surface area (Å²) in [5.41, 5.74) is 1.28. The minimum absolute atomic E-state index is 0.248. The number of hydrogen-bond donors (Lipinski definition) is 1. The summed E-state index contributed by atoms with van der Waals surface area (Å²) >= 11 is 9.63. The van der Waals surface area contributed by atoms with E-state index in [0.717, 1.165) is 30.4 Å². The molecule has 0 spiro atoms. The van der Waals surface area contributed by atoms with E-state index >= 15 is 0 Å². The van der Waals surface area contributed by atoms with Gasteiger partial charge in [0.05, 0.1) is 0 Å². The van der Waals surface area contributed by atoms with Gasteiger partial charge in [-0.3, -0.25) is 0 Å². The average molecular weight is 291 g/mol. The van der Waals surface area contributed by atoms with Crippen LogP contribution in [-0.2, 0) is 6.54 Å². The van der Waals surface area contributed by atoms with Crippen LogP contribution in [0.25, 0.3) is 0 Å². The highest BCUT2D eigenvalue weighted by Gasteiger charge is 2.03. The Kier molecular flexibility index (Phi) is 6.30. The fraction of sp³-hybridized carbons (Fsp3) is 0.500. The number of alkyl halides is 1. The van der Waals surface area contributed by atoms with Gasteiger partial charge in [0, 0.05) is 22.9 Å². The number of rotatable bonds is 6. The molecule has 0 aliphatic heterocycles. The molecular weight excluding hydrogens is 273 g/mol. The van der Waals surface area contributed by atoms with Gasteiger partial charge in [0.15, 0.2) is 0 Å². The topological polar surface area (TPSA) is 12.0 Å². The van der Waals surface area contributed by atoms with Crippen LogP contribution in [-0.4, -0.2) is 11.9 Å². The van der Waals surface area contributed by atoms with E-state index in [9.17, 15) is 0 Å². The zero-order valence-corrected chi connectivity index (χ0v) is 11.3. The van der Waals surface area contributed by atoms with Gasteiger partial charge in [-0.15, -0.1) is 11.6 Å². The monoisotopic (exact) mass is 289 g/mol. The van der Waals surface area contributed by atoms with Crippen LogP contribution >= 0.6 is 27.5 Å². The molecule has 1 unspecified atom stereocenters. The lowest BCUT2D eigenvalue weighted by Gasteiger charge is -2.10. The molecule has 15 heavy (non-hydrogen) atoms. The van der Waals surface area contributed by atoms with Crippen molar-refractivity contribution < 1.29 is 0 Å². The average Bonchev–Trinajstić information content (AvgIpc) is 2.21. The maximum absolute atomic E-state index is 6.11. The van der Waals surface area contributed by atoms with Gasteiger partial charge in [-0.1, -0.05) is 47.5 Å². The Balaban J connectivity index is 2.29. The summed E-state index contributed by atoms with van der Waals surface area (Å²) in [5.74, 6) is 0. The summed E-state index contributed by atoms with van der Waals surface area (Å²) in [6.07, 6.45) is 2.22. The predicted molar refractivity (Wildman–Crippen MR) is 70.4 cm³/mol. The van der Waals surface area contributed by atoms with E-state index in [2.05, 4.69) is 40.3 Å². The number of benzene rings is 1. The van der Waals surface area contributed by atoms with Gasteiger partial charge in [0.25, 0.3) is 0 Å². The van der Waals surface area contributed by atoms with Crippen molar-refractivity contribution in [2.75, 3.05) is 6.54 Å². The van der Waals surface area contributed by atoms with Crippen molar-refractivity contribution in [3.05, 3.63) is 34.3 Å². The third-order valence-electron chi connectivity index (χ3n) is 2.24. The lowest BCUT2D eigenvalue weighted by atomic mass is 10.2. The fourth-order valence-electron chi connectivity index (χ4n) is 1.42. The summed E-state index contributed by atoms with van der Waals surface area (Å²) in [6, 6.07) is 8.24. The highest BCUT2D eigenvalue weighted by Crippen LogP contribution is 2.15. The van der Waals surface area contributed by atoms with Gasteiger partial charge in [-0.2, -0.15) is 0 Å². The van der Waals surface area contributed by atoms with Crippen molar-refractivity contribution in [2.24, 2.45) is 0 Å². The minimum Gasteiger partial charge on any atom is -0.311 e. The van der Waals surface area contributed by atoms with Crippen molar-refractivity contribution in [2.45, 2.75) is 31.7 Å². The van der Waals surface area contributed by atoms with Crippen molar-refractivity contribution >= 4 is 27.5 Å². The molecule has 1 atom stereocenters. The molecule has 0 bridgehead atoms. The SMILES string of the molecule is CCCC(Cl)CNCc1ccccc1Br. The second kappa shape index (κ2) is 7.26. The van der Waals surface area contributed by atoms with Crippen molar-refractivity contribution in [3.8, 4) is 0 Å². The Morgan fingerprint density at radius 3 is 2.80 bits per heavy atom. The van der Waals surface area contributed by atoms with Crippen LogP contribution in [0.15, 0.2) is 28.7 Å². The van der Waals surface area contributed by atoms with Crippen molar-refractivity contribution in [1.82, 2.24) is 5.32 Å². The van der Waals surface area contributed by atoms with E-state index in [4.69, 9.17) is 11.6 Å². The molecule has 0 radical (unpaired) electrons. The van der Waals surface area contributed by atoms with Gasteiger partial charge in [0.1, 0.15) is 0 Å². The Bertz CT molecular complexity index is 291. The molecule has 1 aromatic carbocycles. The van der Waals surface area contributed by atoms with Crippen LogP contribution in [0.2, 0.25) is 0 Å². The van der Waals surface area contributed by atoms with Crippen LogP contribution < -0.4 is 5.32 Å². The van der Waals surface area contributed by atoms with Gasteiger partial charge < -0.3 is 5.32 Å². The zero-order chi connectivity index (χ0) is 11.1. The molecule has 3 heteroatoms. The van der Waals surface area contributed by atoms with E-state index in [1.54, 1.807) is 0 Å². The largest absolute Gasteiger partial charge is 0.311 e. The fourth-order valence-corrected chi connectivity index (χ4v) is 2.17. The second-order valence-corrected chi connectivity index (χ2v) is 5.08. The predicted octanol–water partition coefficient (Wildman–Crippen LogP) is 3.95. The molecular formula is C12H17BrClN. The van der Waals surface area contributed by atoms with E-state index in [0.29, 0.717) is 0 Å². The molecule has 0 aliphatic rings. The molecule has 0 heterocycles. The van der Waals surface area contributed by atoms with E-state index in [1.165, 1.54) is 5.56 Å². The van der Waals surface area contributed by atoms with Crippen LogP contribution in [0, 0.1) is 0 Å². The van der Waals surface area contributed by atoms with Crippen molar-refractivity contribution in [1.29, 1.82) is 0 Å². The summed E-state index contributed by atoms with van der Waals surface area (Å²) in [6.45, 7) is 3.90. The first kappa shape index (κ1) is 13.0. The third-order valence-corrected chi connectivity index (χ3v) is 3.39. The minimum atomic E-state index is 0.248. The van der Waals surface area contributed by atoms with Crippen LogP contribution in [0.1, 0.15) is 25.3 Å². The number of halogens is 2. The summed E-state index contributed by atoms with van der Waals surface area (Å²) in [4.78, 5) is 0. The number of nitrogens with one attached hydrogen (secondary N) is 1. The molecule has 0 fully saturated rings. The molecule has 0 aromatic heterocycles. The van der Waals surface area contributed by atoms with Gasteiger partial charge >= 0.3 is 0 Å². The van der Waals surface area contributed by atoms with Crippen LogP contribution in [0.3, 0.4) is 0 Å². The first-order chi connectivity index (χ1) is 7.24. The molecule has 0 amide bonds. The van der Waals surface area contributed by atoms with E-state index < -0.39 is 0 Å². The van der Waals surface area contributed by atoms with Crippen LogP contribution in [0.5, 0.6) is 0 Å². The Labute approximate surface area is 105 Å². The van der Waals surface area contributed by atoms with E-state index in [1.807, 2.05) is 12.1 Å². The molecule has 0 saturated heterocycles. The number of hydrogen-bond acceptors (Lipinski definition) is 1. The Morgan fingerprint density at radius 2 is 2.13 bits per heavy atom. The normalized spacial score (nSPS) is 12.7. The maximum Gasteiger partial charge on any atom is 0.0460 e. The lowest BCUT2D eigenvalue weighted by Crippen LogP contribution is -2.22. The zero-order valence-electron chi connectivity index (χ0n) is 8.97. The Hall–Kier alpha value is -0.0500. The van der Waals surface area contributed by atoms with Gasteiger partial charge in [0.2, 0.25) is 0 Å². The first-order valence-electron chi connectivity index (χ1n) is 5.32. The molecule has 1 aromatic rings. The standard InChI is InChI=1S/C12H17BrClN/c1-2-5-11(14)9-15-8-10-6-3-4-7-12(10)13/h3-4,6-7,11,15H,2,5,8-9H2,1H3. The highest BCUT2D eigenvalue weighted by atomic mass is 79.9. The van der Waals surface area contributed by atoms with Gasteiger partial charge in [-0.25, -0.2) is 0 Å². The first-order valence-corrected chi connectivity index (χ1v) is 6.55. The summed E-state index contributed by atoms with van der Waals surface area (Å²) in [5, 5.41) is 3.61. The van der Waals surface area contributed by atoms with E-state index in [-0.39, 0.29) is 5.38 Å². The molecule has 0 saturated carbocycles. The molecule has 1 N–H and O–H groups in total. The van der Waals surface area contributed by atoms with Crippen molar-refractivity contribution in [3.63, 3.8) is 0 Å². The molecule has 84 valence electrons. The smallest absolute Gasteiger partial charge is 0.0460 e. The molecule has 1 rings (SSSR count). The second-order valence-electron chi connectivity index (χ2n) is 3.61. The Morgan fingerprint density at radius 1 is 1.40 bits per heavy atom. The van der Waals surface area contributed by atoms with Gasteiger partial charge in [-0.05, 0) is 18.1 Å². The molecule has 0 aliphatic carbocycles. The lowest BCUT2D eigenvalue weighted by molar-refractivity contribution is 0.622. The molecule has 1 nitrogen and oxygen atoms in total. The highest BCUT2D eigenvalue weighted by molar-refractivity contribution is 9.10. The third kappa shape index (κ3) is 5.01. The quantitative estimate of drug-likeness (QED) is 0.782. The van der Waals surface area contributed by atoms with Crippen LogP contribution in [0.4, 0.5) is 0 Å².